The molecule has 1 saturated carbocycles. The van der Waals surface area contributed by atoms with Crippen molar-refractivity contribution < 1.29 is 41.5 Å². The van der Waals surface area contributed by atoms with Crippen LogP contribution in [0.2, 0.25) is 0 Å². The van der Waals surface area contributed by atoms with E-state index in [4.69, 9.17) is 0 Å². The molecule has 8 nitrogen and oxygen atoms in total. The normalized spacial score (nSPS) is 17.8. The van der Waals surface area contributed by atoms with Crippen molar-refractivity contribution in [2.45, 2.75) is 43.8 Å². The van der Waals surface area contributed by atoms with Gasteiger partial charge in [-0.1, -0.05) is 36.4 Å². The summed E-state index contributed by atoms with van der Waals surface area (Å²) < 4.78 is 55.6. The summed E-state index contributed by atoms with van der Waals surface area (Å²) in [6, 6.07) is 15.3. The lowest BCUT2D eigenvalue weighted by Gasteiger charge is -2.27. The molecular weight excluding hydrogens is 546 g/mol. The Morgan fingerprint density at radius 2 is 1.61 bits per heavy atom. The average molecular weight is 570 g/mol. The molecule has 212 valence electrons. The zero-order chi connectivity index (χ0) is 29.4. The van der Waals surface area contributed by atoms with Crippen molar-refractivity contribution in [3.05, 3.63) is 95.3 Å². The molecule has 41 heavy (non-hydrogen) atoms. The van der Waals surface area contributed by atoms with Crippen molar-refractivity contribution in [3.8, 4) is 5.75 Å². The molecule has 1 fully saturated rings. The minimum Gasteiger partial charge on any atom is -0.406 e. The first kappa shape index (κ1) is 27.8. The molecule has 2 aliphatic rings. The molecular formula is C29H23F4N3O5. The quantitative estimate of drug-likeness (QED) is 0.413. The average Bonchev–Trinajstić information content (AvgIpc) is 3.72. The van der Waals surface area contributed by atoms with E-state index >= 15 is 0 Å². The number of nitrogens with one attached hydrogen (secondary N) is 2. The van der Waals surface area contributed by atoms with Crippen molar-refractivity contribution >= 4 is 29.2 Å². The summed E-state index contributed by atoms with van der Waals surface area (Å²) in [6.45, 7) is -0.114. The lowest BCUT2D eigenvalue weighted by atomic mass is 10.0. The fraction of sp³-hybridized carbons (Fsp3) is 0.241. The Bertz CT molecular complexity index is 1520. The van der Waals surface area contributed by atoms with Crippen molar-refractivity contribution in [2.75, 3.05) is 4.90 Å². The predicted molar refractivity (Wildman–Crippen MR) is 137 cm³/mol. The Morgan fingerprint density at radius 1 is 0.951 bits per heavy atom. The molecule has 0 unspecified atom stereocenters. The molecule has 3 aromatic carbocycles. The van der Waals surface area contributed by atoms with Crippen LogP contribution in [-0.2, 0) is 16.1 Å². The highest BCUT2D eigenvalue weighted by molar-refractivity contribution is 6.13. The number of ether oxygens (including phenoxy) is 1. The van der Waals surface area contributed by atoms with Crippen LogP contribution in [-0.4, -0.2) is 41.4 Å². The number of fused-ring (bicyclic) bond motifs is 1. The number of anilines is 1. The second kappa shape index (κ2) is 10.7. The van der Waals surface area contributed by atoms with Crippen molar-refractivity contribution in [1.82, 2.24) is 10.6 Å². The Labute approximate surface area is 231 Å². The van der Waals surface area contributed by atoms with E-state index in [1.54, 1.807) is 24.3 Å². The number of para-hydroxylation sites is 1. The summed E-state index contributed by atoms with van der Waals surface area (Å²) in [5, 5.41) is 5.15. The Kier molecular flexibility index (Phi) is 7.24. The van der Waals surface area contributed by atoms with Gasteiger partial charge in [-0.3, -0.25) is 19.2 Å². The van der Waals surface area contributed by atoms with E-state index in [0.29, 0.717) is 5.56 Å². The summed E-state index contributed by atoms with van der Waals surface area (Å²) in [4.78, 5) is 54.1. The largest absolute Gasteiger partial charge is 0.573 e. The SMILES string of the molecule is O=C(NC1(C(=O)N[C@H]2CC(=O)c3ccccc3N(Cc3ccc(OC(F)(F)F)cc3)C2=O)CC1)c1ccccc1F. The highest BCUT2D eigenvalue weighted by atomic mass is 19.4. The van der Waals surface area contributed by atoms with E-state index in [1.807, 2.05) is 0 Å². The maximum absolute atomic E-state index is 14.1. The van der Waals surface area contributed by atoms with E-state index in [-0.39, 0.29) is 42.6 Å². The van der Waals surface area contributed by atoms with Crippen LogP contribution in [0.5, 0.6) is 5.75 Å². The Balaban J connectivity index is 1.36. The number of ketones is 1. The van der Waals surface area contributed by atoms with E-state index in [2.05, 4.69) is 15.4 Å². The van der Waals surface area contributed by atoms with E-state index in [1.165, 1.54) is 35.2 Å². The third kappa shape index (κ3) is 6.06. The topological polar surface area (TPSA) is 105 Å². The van der Waals surface area contributed by atoms with Gasteiger partial charge >= 0.3 is 6.36 Å². The minimum atomic E-state index is -4.86. The van der Waals surface area contributed by atoms with Crippen molar-refractivity contribution in [1.29, 1.82) is 0 Å². The van der Waals surface area contributed by atoms with Crippen LogP contribution < -0.4 is 20.3 Å². The van der Waals surface area contributed by atoms with Gasteiger partial charge in [0, 0.05) is 12.0 Å². The lowest BCUT2D eigenvalue weighted by molar-refractivity contribution is -0.274. The molecule has 0 saturated heterocycles. The molecule has 0 bridgehead atoms. The summed E-state index contributed by atoms with van der Waals surface area (Å²) in [5.41, 5.74) is -0.632. The smallest absolute Gasteiger partial charge is 0.406 e. The number of carbonyl (C=O) groups is 4. The number of carbonyl (C=O) groups excluding carboxylic acids is 4. The lowest BCUT2D eigenvalue weighted by Crippen LogP contribution is -2.55. The van der Waals surface area contributed by atoms with E-state index in [0.717, 1.165) is 18.2 Å². The third-order valence-electron chi connectivity index (χ3n) is 6.91. The maximum Gasteiger partial charge on any atom is 0.573 e. The van der Waals surface area contributed by atoms with Crippen molar-refractivity contribution in [3.63, 3.8) is 0 Å². The van der Waals surface area contributed by atoms with Gasteiger partial charge in [0.25, 0.3) is 5.91 Å². The van der Waals surface area contributed by atoms with Gasteiger partial charge in [-0.05, 0) is 54.8 Å². The first-order valence-electron chi connectivity index (χ1n) is 12.6. The summed E-state index contributed by atoms with van der Waals surface area (Å²) >= 11 is 0. The summed E-state index contributed by atoms with van der Waals surface area (Å²) in [5.74, 6) is -3.69. The molecule has 1 aliphatic carbocycles. The minimum absolute atomic E-state index is 0.114. The number of hydrogen-bond donors (Lipinski definition) is 2. The van der Waals surface area contributed by atoms with Gasteiger partial charge in [0.1, 0.15) is 23.1 Å². The second-order valence-electron chi connectivity index (χ2n) is 9.80. The van der Waals surface area contributed by atoms with Crippen LogP contribution >= 0.6 is 0 Å². The van der Waals surface area contributed by atoms with Gasteiger partial charge in [-0.2, -0.15) is 0 Å². The number of alkyl halides is 3. The first-order valence-corrected chi connectivity index (χ1v) is 12.6. The van der Waals surface area contributed by atoms with E-state index in [9.17, 15) is 36.7 Å². The molecule has 3 aromatic rings. The van der Waals surface area contributed by atoms with Gasteiger partial charge in [-0.15, -0.1) is 13.2 Å². The van der Waals surface area contributed by atoms with Crippen LogP contribution in [0, 0.1) is 5.82 Å². The number of rotatable bonds is 7. The van der Waals surface area contributed by atoms with Crippen LogP contribution in [0.25, 0.3) is 0 Å². The number of Topliss-reactive ketones (excluding diaryl/α,β-unsaturated/α-hetero) is 1. The Morgan fingerprint density at radius 3 is 2.27 bits per heavy atom. The number of hydrogen-bond acceptors (Lipinski definition) is 5. The van der Waals surface area contributed by atoms with Gasteiger partial charge in [0.2, 0.25) is 11.8 Å². The fourth-order valence-electron chi connectivity index (χ4n) is 4.65. The Hall–Kier alpha value is -4.74. The second-order valence-corrected chi connectivity index (χ2v) is 9.80. The zero-order valence-electron chi connectivity index (χ0n) is 21.3. The molecule has 2 N–H and O–H groups in total. The summed E-state index contributed by atoms with van der Waals surface area (Å²) in [7, 11) is 0. The monoisotopic (exact) mass is 569 g/mol. The maximum atomic E-state index is 14.1. The first-order chi connectivity index (χ1) is 19.5. The van der Waals surface area contributed by atoms with Gasteiger partial charge in [0.15, 0.2) is 5.78 Å². The molecule has 0 spiro atoms. The highest BCUT2D eigenvalue weighted by Crippen LogP contribution is 2.37. The highest BCUT2D eigenvalue weighted by Gasteiger charge is 2.52. The molecule has 0 radical (unpaired) electrons. The van der Waals surface area contributed by atoms with Gasteiger partial charge in [-0.25, -0.2) is 4.39 Å². The van der Waals surface area contributed by atoms with Crippen LogP contribution in [0.3, 0.4) is 0 Å². The molecule has 12 heteroatoms. The number of halogens is 4. The van der Waals surface area contributed by atoms with Crippen molar-refractivity contribution in [2.24, 2.45) is 0 Å². The van der Waals surface area contributed by atoms with E-state index < -0.39 is 53.0 Å². The number of amides is 3. The summed E-state index contributed by atoms with van der Waals surface area (Å²) in [6.07, 6.45) is -4.71. The zero-order valence-corrected chi connectivity index (χ0v) is 21.3. The number of benzene rings is 3. The number of nitrogens with zero attached hydrogens (tertiary/aromatic N) is 1. The van der Waals surface area contributed by atoms with Crippen LogP contribution in [0.4, 0.5) is 23.2 Å². The molecule has 3 amide bonds. The van der Waals surface area contributed by atoms with Gasteiger partial charge < -0.3 is 20.3 Å². The van der Waals surface area contributed by atoms with Gasteiger partial charge in [0.05, 0.1) is 17.8 Å². The fourth-order valence-corrected chi connectivity index (χ4v) is 4.65. The molecule has 1 heterocycles. The molecule has 1 aliphatic heterocycles. The molecule has 1 atom stereocenters. The third-order valence-corrected chi connectivity index (χ3v) is 6.91. The predicted octanol–water partition coefficient (Wildman–Crippen LogP) is 4.29. The standard InChI is InChI=1S/C29H23F4N3O5/c30-21-7-3-1-5-19(21)25(38)35-28(13-14-28)27(40)34-22-15-24(37)20-6-2-4-8-23(20)36(26(22)39)16-17-9-11-18(12-10-17)41-29(31,32)33/h1-12,22H,13-16H2,(H,34,40)(H,35,38)/t22-/m0/s1. The molecule has 0 aromatic heterocycles. The van der Waals surface area contributed by atoms with Crippen LogP contribution in [0.15, 0.2) is 72.8 Å². The van der Waals surface area contributed by atoms with Crippen LogP contribution in [0.1, 0.15) is 45.5 Å². The molecule has 5 rings (SSSR count).